The third-order valence-electron chi connectivity index (χ3n) is 3.42. The van der Waals surface area contributed by atoms with Crippen molar-refractivity contribution in [1.82, 2.24) is 4.98 Å². The second-order valence-electron chi connectivity index (χ2n) is 4.78. The first-order chi connectivity index (χ1) is 9.67. The lowest BCUT2D eigenvalue weighted by atomic mass is 10.1. The molecule has 4 heteroatoms. The predicted octanol–water partition coefficient (Wildman–Crippen LogP) is 3.56. The van der Waals surface area contributed by atoms with Gasteiger partial charge in [-0.15, -0.1) is 0 Å². The number of carboxylic acid groups (broad SMARTS) is 1. The number of hydrogen-bond acceptors (Lipinski definition) is 3. The lowest BCUT2D eigenvalue weighted by molar-refractivity contribution is 0.0699. The maximum absolute atomic E-state index is 11.4. The number of carboxylic acids is 1. The molecule has 1 aromatic heterocycles. The highest BCUT2D eigenvalue weighted by molar-refractivity contribution is 6.03. The zero-order valence-electron chi connectivity index (χ0n) is 12.0. The minimum absolute atomic E-state index is 0.320. The molecule has 0 aliphatic rings. The molecule has 0 spiro atoms. The van der Waals surface area contributed by atoms with Gasteiger partial charge in [0.25, 0.3) is 0 Å². The van der Waals surface area contributed by atoms with E-state index in [2.05, 4.69) is 23.7 Å². The zero-order valence-corrected chi connectivity index (χ0v) is 12.0. The Morgan fingerprint density at radius 3 is 2.70 bits per heavy atom. The summed E-state index contributed by atoms with van der Waals surface area (Å²) >= 11 is 0. The molecule has 106 valence electrons. The molecule has 0 aliphatic carbocycles. The van der Waals surface area contributed by atoms with Crippen LogP contribution in [0.2, 0.25) is 0 Å². The average molecular weight is 272 g/mol. The largest absolute Gasteiger partial charge is 0.478 e. The third kappa shape index (κ3) is 2.90. The highest BCUT2D eigenvalue weighted by Gasteiger charge is 2.14. The number of para-hydroxylation sites is 1. The molecule has 0 atom stereocenters. The van der Waals surface area contributed by atoms with E-state index >= 15 is 0 Å². The van der Waals surface area contributed by atoms with E-state index in [9.17, 15) is 9.90 Å². The quantitative estimate of drug-likeness (QED) is 0.873. The lowest BCUT2D eigenvalue weighted by Gasteiger charge is -2.22. The Kier molecular flexibility index (Phi) is 4.56. The molecule has 2 rings (SSSR count). The highest BCUT2D eigenvalue weighted by Crippen LogP contribution is 2.23. The van der Waals surface area contributed by atoms with Gasteiger partial charge in [-0.2, -0.15) is 0 Å². The normalized spacial score (nSPS) is 10.7. The van der Waals surface area contributed by atoms with Gasteiger partial charge in [-0.1, -0.05) is 31.5 Å². The summed E-state index contributed by atoms with van der Waals surface area (Å²) in [7, 11) is 0. The van der Waals surface area contributed by atoms with Crippen molar-refractivity contribution in [3.8, 4) is 0 Å². The Bertz CT molecular complexity index is 610. The fourth-order valence-corrected chi connectivity index (χ4v) is 2.28. The van der Waals surface area contributed by atoms with Gasteiger partial charge in [0.15, 0.2) is 0 Å². The molecule has 0 saturated heterocycles. The zero-order chi connectivity index (χ0) is 14.5. The summed E-state index contributed by atoms with van der Waals surface area (Å²) in [6.45, 7) is 5.93. The van der Waals surface area contributed by atoms with Gasteiger partial charge < -0.3 is 10.0 Å². The van der Waals surface area contributed by atoms with Crippen LogP contribution in [0.3, 0.4) is 0 Å². The topological polar surface area (TPSA) is 53.4 Å². The number of anilines is 1. The van der Waals surface area contributed by atoms with Gasteiger partial charge in [-0.25, -0.2) is 9.78 Å². The van der Waals surface area contributed by atoms with Crippen LogP contribution >= 0.6 is 0 Å². The number of fused-ring (bicyclic) bond motifs is 1. The molecule has 0 radical (unpaired) electrons. The molecule has 1 aromatic carbocycles. The predicted molar refractivity (Wildman–Crippen MR) is 81.5 cm³/mol. The summed E-state index contributed by atoms with van der Waals surface area (Å²) in [6, 6.07) is 9.07. The molecule has 1 heterocycles. The molecular weight excluding hydrogens is 252 g/mol. The van der Waals surface area contributed by atoms with Crippen molar-refractivity contribution in [2.75, 3.05) is 18.0 Å². The summed E-state index contributed by atoms with van der Waals surface area (Å²) in [4.78, 5) is 18.2. The molecule has 0 unspecified atom stereocenters. The number of aromatic nitrogens is 1. The van der Waals surface area contributed by atoms with E-state index in [1.54, 1.807) is 12.1 Å². The van der Waals surface area contributed by atoms with Crippen LogP contribution in [0.1, 0.15) is 37.0 Å². The number of nitrogens with zero attached hydrogens (tertiary/aromatic N) is 2. The molecule has 2 aromatic rings. The maximum atomic E-state index is 11.4. The van der Waals surface area contributed by atoms with Crippen molar-refractivity contribution in [2.45, 2.75) is 26.7 Å². The minimum atomic E-state index is -0.906. The molecule has 1 N–H and O–H groups in total. The van der Waals surface area contributed by atoms with Gasteiger partial charge in [0.1, 0.15) is 5.82 Å². The Morgan fingerprint density at radius 1 is 1.30 bits per heavy atom. The van der Waals surface area contributed by atoms with E-state index in [0.29, 0.717) is 10.9 Å². The number of aromatic carboxylic acids is 1. The van der Waals surface area contributed by atoms with E-state index in [4.69, 9.17) is 0 Å². The summed E-state index contributed by atoms with van der Waals surface area (Å²) < 4.78 is 0. The van der Waals surface area contributed by atoms with Crippen molar-refractivity contribution in [3.63, 3.8) is 0 Å². The molecule has 0 saturated carbocycles. The third-order valence-corrected chi connectivity index (χ3v) is 3.42. The van der Waals surface area contributed by atoms with E-state index in [0.717, 1.165) is 37.3 Å². The fourth-order valence-electron chi connectivity index (χ4n) is 2.28. The SMILES string of the molecule is CCCCN(CC)c1cc(C(=O)O)c2ccccc2n1. The summed E-state index contributed by atoms with van der Waals surface area (Å²) in [5.41, 5.74) is 1.05. The fraction of sp³-hybridized carbons (Fsp3) is 0.375. The van der Waals surface area contributed by atoms with Crippen LogP contribution in [-0.2, 0) is 0 Å². The van der Waals surface area contributed by atoms with Gasteiger partial charge >= 0.3 is 5.97 Å². The molecule has 0 bridgehead atoms. The van der Waals surface area contributed by atoms with E-state index in [1.165, 1.54) is 0 Å². The number of carbonyl (C=O) groups is 1. The van der Waals surface area contributed by atoms with Crippen LogP contribution in [0.5, 0.6) is 0 Å². The second-order valence-corrected chi connectivity index (χ2v) is 4.78. The summed E-state index contributed by atoms with van der Waals surface area (Å²) in [6.07, 6.45) is 2.18. The van der Waals surface area contributed by atoms with Gasteiger partial charge in [0, 0.05) is 18.5 Å². The Labute approximate surface area is 119 Å². The number of hydrogen-bond donors (Lipinski definition) is 1. The molecule has 4 nitrogen and oxygen atoms in total. The van der Waals surface area contributed by atoms with Gasteiger partial charge in [0.2, 0.25) is 0 Å². The lowest BCUT2D eigenvalue weighted by Crippen LogP contribution is -2.25. The first-order valence-electron chi connectivity index (χ1n) is 7.05. The standard InChI is InChI=1S/C16H20N2O2/c1-3-5-10-18(4-2)15-11-13(16(19)20)12-8-6-7-9-14(12)17-15/h6-9,11H,3-5,10H2,1-2H3,(H,19,20). The number of benzene rings is 1. The van der Waals surface area contributed by atoms with Gasteiger partial charge in [-0.3, -0.25) is 0 Å². The van der Waals surface area contributed by atoms with E-state index in [1.807, 2.05) is 18.2 Å². The Balaban J connectivity index is 2.51. The first-order valence-corrected chi connectivity index (χ1v) is 7.05. The number of rotatable bonds is 6. The van der Waals surface area contributed by atoms with Crippen LogP contribution < -0.4 is 4.90 Å². The van der Waals surface area contributed by atoms with Crippen molar-refractivity contribution < 1.29 is 9.90 Å². The maximum Gasteiger partial charge on any atom is 0.336 e. The first kappa shape index (κ1) is 14.3. The second kappa shape index (κ2) is 6.37. The van der Waals surface area contributed by atoms with Gasteiger partial charge in [-0.05, 0) is 25.5 Å². The highest BCUT2D eigenvalue weighted by atomic mass is 16.4. The van der Waals surface area contributed by atoms with Gasteiger partial charge in [0.05, 0.1) is 11.1 Å². The van der Waals surface area contributed by atoms with Crippen molar-refractivity contribution in [1.29, 1.82) is 0 Å². The summed E-state index contributed by atoms with van der Waals surface area (Å²) in [5.74, 6) is -0.159. The van der Waals surface area contributed by atoms with Crippen LogP contribution in [0.25, 0.3) is 10.9 Å². The monoisotopic (exact) mass is 272 g/mol. The van der Waals surface area contributed by atoms with E-state index in [-0.39, 0.29) is 0 Å². The summed E-state index contributed by atoms with van der Waals surface area (Å²) in [5, 5.41) is 10.1. The van der Waals surface area contributed by atoms with Crippen LogP contribution in [-0.4, -0.2) is 29.1 Å². The molecule has 0 amide bonds. The molecule has 0 aliphatic heterocycles. The van der Waals surface area contributed by atoms with Crippen LogP contribution in [0.4, 0.5) is 5.82 Å². The smallest absolute Gasteiger partial charge is 0.336 e. The average Bonchev–Trinajstić information content (AvgIpc) is 2.47. The minimum Gasteiger partial charge on any atom is -0.478 e. The molecular formula is C16H20N2O2. The van der Waals surface area contributed by atoms with Crippen LogP contribution in [0, 0.1) is 0 Å². The van der Waals surface area contributed by atoms with Crippen molar-refractivity contribution in [3.05, 3.63) is 35.9 Å². The Morgan fingerprint density at radius 2 is 2.05 bits per heavy atom. The molecule has 20 heavy (non-hydrogen) atoms. The Hall–Kier alpha value is -2.10. The molecule has 0 fully saturated rings. The van der Waals surface area contributed by atoms with Crippen LogP contribution in [0.15, 0.2) is 30.3 Å². The number of pyridine rings is 1. The van der Waals surface area contributed by atoms with Crippen molar-refractivity contribution >= 4 is 22.7 Å². The van der Waals surface area contributed by atoms with Crippen molar-refractivity contribution in [2.24, 2.45) is 0 Å². The number of unbranched alkanes of at least 4 members (excludes halogenated alkanes) is 1. The van der Waals surface area contributed by atoms with E-state index < -0.39 is 5.97 Å².